The normalized spacial score (nSPS) is 28.1. The molecule has 1 N–H and O–H groups in total. The second-order valence-electron chi connectivity index (χ2n) is 12.0. The SMILES string of the molecule is C[C@H]1C(O)CC[C@@]2(C)c3nc(C4=CCCN(C(=O)OC(C)(C)C)C4)nc(-c4ccccc4)c3CC[C@H]12. The van der Waals surface area contributed by atoms with Crippen molar-refractivity contribution in [3.63, 3.8) is 0 Å². The van der Waals surface area contributed by atoms with Crippen LogP contribution >= 0.6 is 0 Å². The van der Waals surface area contributed by atoms with Gasteiger partial charge in [-0.2, -0.15) is 0 Å². The molecule has 3 aliphatic rings. The number of fused-ring (bicyclic) bond motifs is 3. The molecular weight excluding hydrogens is 450 g/mol. The third kappa shape index (κ3) is 4.56. The van der Waals surface area contributed by atoms with Gasteiger partial charge in [-0.1, -0.05) is 50.3 Å². The fourth-order valence-corrected chi connectivity index (χ4v) is 6.48. The lowest BCUT2D eigenvalue weighted by molar-refractivity contribution is -0.00877. The Morgan fingerprint density at radius 3 is 2.64 bits per heavy atom. The molecule has 1 amide bonds. The largest absolute Gasteiger partial charge is 0.444 e. The molecule has 192 valence electrons. The molecule has 6 heteroatoms. The van der Waals surface area contributed by atoms with Gasteiger partial charge in [-0.05, 0) is 64.7 Å². The lowest BCUT2D eigenvalue weighted by atomic mass is 9.55. The molecule has 1 unspecified atom stereocenters. The summed E-state index contributed by atoms with van der Waals surface area (Å²) in [6.45, 7) is 11.3. The summed E-state index contributed by atoms with van der Waals surface area (Å²) in [5.74, 6) is 1.34. The Hall–Kier alpha value is -2.73. The molecule has 2 aromatic rings. The molecule has 1 aromatic carbocycles. The van der Waals surface area contributed by atoms with Gasteiger partial charge >= 0.3 is 6.09 Å². The average molecular weight is 490 g/mol. The van der Waals surface area contributed by atoms with Gasteiger partial charge in [0.25, 0.3) is 0 Å². The maximum atomic E-state index is 12.8. The van der Waals surface area contributed by atoms with E-state index in [2.05, 4.69) is 44.2 Å². The summed E-state index contributed by atoms with van der Waals surface area (Å²) < 4.78 is 5.65. The first-order chi connectivity index (χ1) is 17.1. The molecule has 1 saturated carbocycles. The van der Waals surface area contributed by atoms with Crippen LogP contribution in [-0.4, -0.2) is 50.9 Å². The Labute approximate surface area is 214 Å². The van der Waals surface area contributed by atoms with Crippen molar-refractivity contribution < 1.29 is 14.6 Å². The third-order valence-corrected chi connectivity index (χ3v) is 8.41. The number of nitrogens with zero attached hydrogens (tertiary/aromatic N) is 3. The highest BCUT2D eigenvalue weighted by molar-refractivity contribution is 5.75. The van der Waals surface area contributed by atoms with Crippen molar-refractivity contribution in [2.45, 2.75) is 83.8 Å². The molecule has 0 bridgehead atoms. The Balaban J connectivity index is 1.58. The van der Waals surface area contributed by atoms with Crippen LogP contribution in [0.3, 0.4) is 0 Å². The zero-order chi connectivity index (χ0) is 25.7. The molecule has 6 nitrogen and oxygen atoms in total. The highest BCUT2D eigenvalue weighted by Gasteiger charge is 2.49. The van der Waals surface area contributed by atoms with E-state index in [1.807, 2.05) is 26.8 Å². The smallest absolute Gasteiger partial charge is 0.410 e. The Morgan fingerprint density at radius 1 is 1.17 bits per heavy atom. The predicted octanol–water partition coefficient (Wildman–Crippen LogP) is 5.78. The summed E-state index contributed by atoms with van der Waals surface area (Å²) in [6, 6.07) is 10.4. The van der Waals surface area contributed by atoms with Crippen LogP contribution in [0.2, 0.25) is 0 Å². The molecule has 36 heavy (non-hydrogen) atoms. The lowest BCUT2D eigenvalue weighted by Crippen LogP contribution is -2.49. The highest BCUT2D eigenvalue weighted by Crippen LogP contribution is 2.52. The van der Waals surface area contributed by atoms with Gasteiger partial charge in [0.15, 0.2) is 5.82 Å². The number of aromatic nitrogens is 2. The molecule has 5 rings (SSSR count). The van der Waals surface area contributed by atoms with Crippen LogP contribution in [0.15, 0.2) is 36.4 Å². The Bertz CT molecular complexity index is 1170. The van der Waals surface area contributed by atoms with Crippen molar-refractivity contribution in [1.82, 2.24) is 14.9 Å². The zero-order valence-corrected chi connectivity index (χ0v) is 22.3. The molecule has 0 radical (unpaired) electrons. The summed E-state index contributed by atoms with van der Waals surface area (Å²) in [5, 5.41) is 10.6. The maximum Gasteiger partial charge on any atom is 0.410 e. The van der Waals surface area contributed by atoms with E-state index in [9.17, 15) is 9.90 Å². The van der Waals surface area contributed by atoms with E-state index in [4.69, 9.17) is 14.7 Å². The van der Waals surface area contributed by atoms with Gasteiger partial charge in [-0.25, -0.2) is 14.8 Å². The van der Waals surface area contributed by atoms with Gasteiger partial charge < -0.3 is 14.7 Å². The van der Waals surface area contributed by atoms with E-state index < -0.39 is 5.60 Å². The van der Waals surface area contributed by atoms with Crippen LogP contribution in [0, 0.1) is 11.8 Å². The number of amides is 1. The van der Waals surface area contributed by atoms with Crippen molar-refractivity contribution in [3.8, 4) is 11.3 Å². The van der Waals surface area contributed by atoms with Crippen LogP contribution in [0.1, 0.15) is 77.4 Å². The second kappa shape index (κ2) is 9.29. The average Bonchev–Trinajstić information content (AvgIpc) is 2.85. The minimum absolute atomic E-state index is 0.104. The topological polar surface area (TPSA) is 75.6 Å². The van der Waals surface area contributed by atoms with Crippen molar-refractivity contribution >= 4 is 11.7 Å². The zero-order valence-electron chi connectivity index (χ0n) is 22.3. The molecule has 1 fully saturated rings. The van der Waals surface area contributed by atoms with Crippen molar-refractivity contribution in [1.29, 1.82) is 0 Å². The van der Waals surface area contributed by atoms with Crippen LogP contribution < -0.4 is 0 Å². The molecule has 2 aliphatic carbocycles. The number of rotatable bonds is 2. The molecule has 1 aliphatic heterocycles. The van der Waals surface area contributed by atoms with E-state index >= 15 is 0 Å². The second-order valence-corrected chi connectivity index (χ2v) is 12.0. The molecule has 4 atom stereocenters. The Morgan fingerprint density at radius 2 is 1.92 bits per heavy atom. The monoisotopic (exact) mass is 489 g/mol. The molecule has 2 heterocycles. The van der Waals surface area contributed by atoms with Crippen molar-refractivity contribution in [3.05, 3.63) is 53.5 Å². The van der Waals surface area contributed by atoms with Crippen LogP contribution in [-0.2, 0) is 16.6 Å². The van der Waals surface area contributed by atoms with Gasteiger partial charge in [-0.15, -0.1) is 0 Å². The van der Waals surface area contributed by atoms with E-state index in [0.717, 1.165) is 54.6 Å². The highest BCUT2D eigenvalue weighted by atomic mass is 16.6. The van der Waals surface area contributed by atoms with Crippen LogP contribution in [0.4, 0.5) is 4.79 Å². The fourth-order valence-electron chi connectivity index (χ4n) is 6.48. The molecule has 0 saturated heterocycles. The summed E-state index contributed by atoms with van der Waals surface area (Å²) in [7, 11) is 0. The Kier molecular flexibility index (Phi) is 6.44. The van der Waals surface area contributed by atoms with E-state index in [1.165, 1.54) is 5.56 Å². The standard InChI is InChI=1S/C30H39N3O3/c1-19-23-14-13-22-25(20-10-7-6-8-11-20)31-27(32-26(22)30(23,5)16-15-24(19)34)21-12-9-17-33(18-21)28(35)36-29(2,3)4/h6-8,10-12,19,23-24,34H,9,13-18H2,1-5H3/t19-,23-,24?,30-/m1/s1. The van der Waals surface area contributed by atoms with Crippen molar-refractivity contribution in [2.24, 2.45) is 11.8 Å². The first kappa shape index (κ1) is 24.9. The summed E-state index contributed by atoms with van der Waals surface area (Å²) in [6.07, 6.45) is 6.05. The number of benzene rings is 1. The number of ether oxygens (including phenoxy) is 1. The summed E-state index contributed by atoms with van der Waals surface area (Å²) in [5.41, 5.74) is 4.82. The minimum Gasteiger partial charge on any atom is -0.444 e. The van der Waals surface area contributed by atoms with Gasteiger partial charge in [0.1, 0.15) is 5.60 Å². The van der Waals surface area contributed by atoms with Gasteiger partial charge in [0.2, 0.25) is 0 Å². The lowest BCUT2D eigenvalue weighted by Gasteiger charge is -2.50. The number of aliphatic hydroxyl groups is 1. The fraction of sp³-hybridized carbons (Fsp3) is 0.567. The van der Waals surface area contributed by atoms with E-state index in [0.29, 0.717) is 24.8 Å². The molecule has 1 aromatic heterocycles. The number of hydrogen-bond acceptors (Lipinski definition) is 5. The number of carbonyl (C=O) groups excluding carboxylic acids is 1. The maximum absolute atomic E-state index is 12.8. The predicted molar refractivity (Wildman–Crippen MR) is 141 cm³/mol. The first-order valence-electron chi connectivity index (χ1n) is 13.4. The van der Waals surface area contributed by atoms with Crippen LogP contribution in [0.5, 0.6) is 0 Å². The molecule has 0 spiro atoms. The summed E-state index contributed by atoms with van der Waals surface area (Å²) >= 11 is 0. The number of carbonyl (C=O) groups is 1. The first-order valence-corrected chi connectivity index (χ1v) is 13.4. The van der Waals surface area contributed by atoms with Crippen LogP contribution in [0.25, 0.3) is 16.8 Å². The number of aliphatic hydroxyl groups excluding tert-OH is 1. The third-order valence-electron chi connectivity index (χ3n) is 8.41. The van der Waals surface area contributed by atoms with E-state index in [1.54, 1.807) is 4.90 Å². The number of hydrogen-bond donors (Lipinski definition) is 1. The summed E-state index contributed by atoms with van der Waals surface area (Å²) in [4.78, 5) is 25.0. The molecular formula is C30H39N3O3. The van der Waals surface area contributed by atoms with Gasteiger partial charge in [-0.3, -0.25) is 0 Å². The van der Waals surface area contributed by atoms with Gasteiger partial charge in [0, 0.05) is 28.7 Å². The van der Waals surface area contributed by atoms with Crippen molar-refractivity contribution in [2.75, 3.05) is 13.1 Å². The quantitative estimate of drug-likeness (QED) is 0.579. The van der Waals surface area contributed by atoms with E-state index in [-0.39, 0.29) is 23.5 Å². The minimum atomic E-state index is -0.535. The van der Waals surface area contributed by atoms with Gasteiger partial charge in [0.05, 0.1) is 24.0 Å².